The predicted molar refractivity (Wildman–Crippen MR) is 194 cm³/mol. The third-order valence-corrected chi connectivity index (χ3v) is 8.90. The highest BCUT2D eigenvalue weighted by Crippen LogP contribution is 2.53. The molecule has 9 rings (SSSR count). The Morgan fingerprint density at radius 3 is 1.89 bits per heavy atom. The van der Waals surface area contributed by atoms with Crippen molar-refractivity contribution in [3.05, 3.63) is 169 Å². The van der Waals surface area contributed by atoms with Crippen molar-refractivity contribution in [3.8, 4) is 33.8 Å². The van der Waals surface area contributed by atoms with Crippen LogP contribution in [0.3, 0.4) is 0 Å². The summed E-state index contributed by atoms with van der Waals surface area (Å²) in [6, 6.07) is 53.4. The maximum absolute atomic E-state index is 8.95. The molecule has 0 unspecified atom stereocenters. The van der Waals surface area contributed by atoms with Gasteiger partial charge in [0.2, 0.25) is 0 Å². The molecule has 47 heavy (non-hydrogen) atoms. The van der Waals surface area contributed by atoms with Crippen molar-refractivity contribution in [2.45, 2.75) is 0 Å². The summed E-state index contributed by atoms with van der Waals surface area (Å²) in [6.45, 7) is 0. The first-order valence-electron chi connectivity index (χ1n) is 15.7. The van der Waals surface area contributed by atoms with Gasteiger partial charge in [0.1, 0.15) is 11.3 Å². The summed E-state index contributed by atoms with van der Waals surface area (Å²) in [6.07, 6.45) is 0. The van der Waals surface area contributed by atoms with Gasteiger partial charge >= 0.3 is 0 Å². The minimum Gasteiger partial charge on any atom is -0.454 e. The molecule has 0 bridgehead atoms. The zero-order valence-corrected chi connectivity index (χ0v) is 25.3. The van der Waals surface area contributed by atoms with Gasteiger partial charge in [0.25, 0.3) is 0 Å². The number of nitrogens with one attached hydrogen (secondary N) is 2. The van der Waals surface area contributed by atoms with E-state index in [9.17, 15) is 0 Å². The molecule has 0 atom stereocenters. The van der Waals surface area contributed by atoms with E-state index in [0.29, 0.717) is 5.84 Å². The molecule has 0 radical (unpaired) electrons. The molecule has 2 N–H and O–H groups in total. The second-order valence-electron chi connectivity index (χ2n) is 11.6. The van der Waals surface area contributed by atoms with E-state index in [1.54, 1.807) is 0 Å². The van der Waals surface area contributed by atoms with Crippen LogP contribution in [0.25, 0.3) is 54.8 Å². The van der Waals surface area contributed by atoms with E-state index < -0.39 is 0 Å². The number of aliphatic imine (C=N–C) groups is 1. The minimum atomic E-state index is 0.168. The van der Waals surface area contributed by atoms with Gasteiger partial charge < -0.3 is 4.74 Å². The summed E-state index contributed by atoms with van der Waals surface area (Å²) < 4.78 is 9.17. The molecule has 7 aromatic carbocycles. The number of aromatic nitrogens is 1. The van der Waals surface area contributed by atoms with Gasteiger partial charge in [-0.3, -0.25) is 10.8 Å². The lowest BCUT2D eigenvalue weighted by atomic mass is 9.90. The van der Waals surface area contributed by atoms with Gasteiger partial charge in [-0.05, 0) is 34.0 Å². The van der Waals surface area contributed by atoms with Crippen LogP contribution < -0.4 is 10.2 Å². The Morgan fingerprint density at radius 2 is 1.13 bits per heavy atom. The Hall–Kier alpha value is -6.46. The van der Waals surface area contributed by atoms with Crippen molar-refractivity contribution < 1.29 is 4.74 Å². The summed E-state index contributed by atoms with van der Waals surface area (Å²) in [5.74, 6) is 2.29. The van der Waals surface area contributed by atoms with Crippen molar-refractivity contribution in [2.24, 2.45) is 4.99 Å². The number of ether oxygens (including phenoxy) is 1. The Labute approximate surface area is 271 Å². The summed E-state index contributed by atoms with van der Waals surface area (Å²) >= 11 is 0. The average Bonchev–Trinajstić information content (AvgIpc) is 3.38. The Morgan fingerprint density at radius 1 is 0.553 bits per heavy atom. The average molecular weight is 605 g/mol. The molecule has 1 aliphatic rings. The fourth-order valence-electron chi connectivity index (χ4n) is 6.82. The lowest BCUT2D eigenvalue weighted by molar-refractivity contribution is 0.492. The normalized spacial score (nSPS) is 12.2. The largest absolute Gasteiger partial charge is 0.454 e. The van der Waals surface area contributed by atoms with Crippen molar-refractivity contribution in [2.75, 3.05) is 5.43 Å². The molecule has 5 heteroatoms. The van der Waals surface area contributed by atoms with Crippen molar-refractivity contribution in [3.63, 3.8) is 0 Å². The number of amidine groups is 2. The van der Waals surface area contributed by atoms with E-state index in [4.69, 9.17) is 15.1 Å². The van der Waals surface area contributed by atoms with E-state index >= 15 is 0 Å². The van der Waals surface area contributed by atoms with Crippen molar-refractivity contribution >= 4 is 44.2 Å². The van der Waals surface area contributed by atoms with Gasteiger partial charge in [-0.1, -0.05) is 146 Å². The number of para-hydroxylation sites is 2. The topological polar surface area (TPSA) is 62.4 Å². The third kappa shape index (κ3) is 4.32. The lowest BCUT2D eigenvalue weighted by Crippen LogP contribution is -2.25. The second kappa shape index (κ2) is 10.9. The van der Waals surface area contributed by atoms with Crippen LogP contribution in [0.2, 0.25) is 0 Å². The van der Waals surface area contributed by atoms with Gasteiger partial charge in [-0.25, -0.2) is 9.67 Å². The molecule has 0 saturated carbocycles. The van der Waals surface area contributed by atoms with Crippen LogP contribution >= 0.6 is 0 Å². The van der Waals surface area contributed by atoms with E-state index in [1.165, 1.54) is 0 Å². The number of hydrogen-bond donors (Lipinski definition) is 2. The minimum absolute atomic E-state index is 0.168. The maximum atomic E-state index is 8.95. The van der Waals surface area contributed by atoms with Gasteiger partial charge in [0.05, 0.1) is 5.52 Å². The van der Waals surface area contributed by atoms with E-state index in [1.807, 2.05) is 72.8 Å². The fraction of sp³-hybridized carbons (Fsp3) is 0. The highest BCUT2D eigenvalue weighted by Gasteiger charge is 2.29. The van der Waals surface area contributed by atoms with Gasteiger partial charge in [0, 0.05) is 33.0 Å². The smallest absolute Gasteiger partial charge is 0.162 e. The molecule has 222 valence electrons. The molecule has 1 aliphatic heterocycles. The third-order valence-electron chi connectivity index (χ3n) is 8.90. The first-order valence-corrected chi connectivity index (χ1v) is 15.7. The number of benzene rings is 7. The molecule has 8 aromatic rings. The van der Waals surface area contributed by atoms with Crippen LogP contribution in [0.15, 0.2) is 163 Å². The molecule has 0 spiro atoms. The first kappa shape index (κ1) is 26.9. The number of fused-ring (bicyclic) bond motifs is 12. The lowest BCUT2D eigenvalue weighted by Gasteiger charge is -2.19. The summed E-state index contributed by atoms with van der Waals surface area (Å²) in [5.41, 5.74) is 11.5. The molecule has 1 aromatic heterocycles. The summed E-state index contributed by atoms with van der Waals surface area (Å²) in [5, 5.41) is 13.4. The predicted octanol–water partition coefficient (Wildman–Crippen LogP) is 10.4. The van der Waals surface area contributed by atoms with Crippen LogP contribution in [-0.2, 0) is 0 Å². The molecule has 0 saturated heterocycles. The van der Waals surface area contributed by atoms with Crippen LogP contribution in [0.4, 0.5) is 0 Å². The maximum Gasteiger partial charge on any atom is 0.162 e. The van der Waals surface area contributed by atoms with E-state index in [2.05, 4.69) is 95.0 Å². The number of rotatable bonds is 3. The quantitative estimate of drug-likeness (QED) is 0.156. The molecular formula is C42H28N4O. The molecule has 0 amide bonds. The fourth-order valence-corrected chi connectivity index (χ4v) is 6.82. The summed E-state index contributed by atoms with van der Waals surface area (Å²) in [7, 11) is 0. The molecule has 0 aliphatic carbocycles. The molecule has 5 nitrogen and oxygen atoms in total. The Kier molecular flexibility index (Phi) is 6.22. The van der Waals surface area contributed by atoms with Gasteiger partial charge in [0.15, 0.2) is 17.4 Å². The second-order valence-corrected chi connectivity index (χ2v) is 11.6. The zero-order valence-electron chi connectivity index (χ0n) is 25.3. The van der Waals surface area contributed by atoms with E-state index in [0.717, 1.165) is 77.5 Å². The molecular weight excluding hydrogens is 576 g/mol. The van der Waals surface area contributed by atoms with Gasteiger partial charge in [-0.15, -0.1) is 0 Å². The van der Waals surface area contributed by atoms with Crippen molar-refractivity contribution in [1.82, 2.24) is 4.68 Å². The number of nitrogens with zero attached hydrogens (tertiary/aromatic N) is 2. The molecule has 2 heterocycles. The van der Waals surface area contributed by atoms with E-state index in [-0.39, 0.29) is 5.84 Å². The Bertz CT molecular complexity index is 2530. The zero-order chi connectivity index (χ0) is 31.3. The van der Waals surface area contributed by atoms with Crippen LogP contribution in [-0.4, -0.2) is 16.3 Å². The SMILES string of the molecule is N=C(N=C(Nn1c2ccccc2c2c3ccccc3c3c(c21)Oc1ccccc1-c1ccccc1-3)c1ccccc1)c1ccccc1. The monoisotopic (exact) mass is 604 g/mol. The summed E-state index contributed by atoms with van der Waals surface area (Å²) in [4.78, 5) is 4.90. The standard InChI is InChI=1S/C42H28N4O/c43-41(27-15-3-1-4-16-27)44-42(28-17-5-2-6-18-28)45-46-35-25-13-11-24-34(35)37-32-22-9-10-23-33(32)38-31-21-8-7-19-29(31)30-20-12-14-26-36(30)47-40(38)39(37)46/h1-26H,(H2,43,44,45). The highest BCUT2D eigenvalue weighted by atomic mass is 16.5. The first-order chi connectivity index (χ1) is 23.3. The van der Waals surface area contributed by atoms with Crippen LogP contribution in [0, 0.1) is 5.41 Å². The molecule has 0 fully saturated rings. The number of hydrogen-bond acceptors (Lipinski definition) is 2. The van der Waals surface area contributed by atoms with Crippen LogP contribution in [0.1, 0.15) is 11.1 Å². The highest BCUT2D eigenvalue weighted by molar-refractivity contribution is 6.28. The Balaban J connectivity index is 1.40. The van der Waals surface area contributed by atoms with Crippen LogP contribution in [0.5, 0.6) is 11.5 Å². The van der Waals surface area contributed by atoms with Crippen molar-refractivity contribution in [1.29, 1.82) is 5.41 Å². The van der Waals surface area contributed by atoms with Gasteiger partial charge in [-0.2, -0.15) is 0 Å².